The van der Waals surface area contributed by atoms with E-state index in [9.17, 15) is 13.2 Å². The summed E-state index contributed by atoms with van der Waals surface area (Å²) < 4.78 is 25.1. The highest BCUT2D eigenvalue weighted by atomic mass is 32.2. The lowest BCUT2D eigenvalue weighted by Gasteiger charge is -2.28. The molecule has 1 saturated heterocycles. The number of sulfonamides is 1. The van der Waals surface area contributed by atoms with Gasteiger partial charge in [-0.05, 0) is 57.6 Å². The third kappa shape index (κ3) is 7.48. The maximum atomic E-state index is 12.2. The summed E-state index contributed by atoms with van der Waals surface area (Å²) in [5.41, 5.74) is 1.92. The molecule has 0 spiro atoms. The fourth-order valence-corrected chi connectivity index (χ4v) is 3.95. The summed E-state index contributed by atoms with van der Waals surface area (Å²) in [7, 11) is 0.453. The Kier molecular flexibility index (Phi) is 8.07. The number of carbonyl (C=O) groups is 1. The lowest BCUT2D eigenvalue weighted by atomic mass is 10.1. The summed E-state index contributed by atoms with van der Waals surface area (Å²) in [6, 6.07) is 7.87. The number of rotatable bonds is 9. The number of nitrogens with zero attached hydrogens (tertiary/aromatic N) is 3. The Labute approximate surface area is 163 Å². The summed E-state index contributed by atoms with van der Waals surface area (Å²) in [6.45, 7) is 3.35. The van der Waals surface area contributed by atoms with E-state index in [1.54, 1.807) is 0 Å². The van der Waals surface area contributed by atoms with Crippen LogP contribution in [0.25, 0.3) is 0 Å². The number of piperidine rings is 1. The lowest BCUT2D eigenvalue weighted by Crippen LogP contribution is -2.37. The molecule has 1 heterocycles. The highest BCUT2D eigenvalue weighted by Crippen LogP contribution is 2.21. The zero-order chi connectivity index (χ0) is 19.9. The third-order valence-electron chi connectivity index (χ3n) is 4.73. The van der Waals surface area contributed by atoms with E-state index in [4.69, 9.17) is 0 Å². The maximum Gasteiger partial charge on any atom is 0.225 e. The van der Waals surface area contributed by atoms with Crippen molar-refractivity contribution in [1.29, 1.82) is 0 Å². The van der Waals surface area contributed by atoms with Gasteiger partial charge in [-0.25, -0.2) is 12.7 Å². The standard InChI is InChI=1S/C19H32N4O3S/c1-21(2)15-16-23(27(3,25)26)14-11-19(24)20-17-7-9-18(10-8-17)22-12-5-4-6-13-22/h7-10H,4-6,11-16H2,1-3H3,(H,20,24). The number of anilines is 2. The van der Waals surface area contributed by atoms with Crippen molar-refractivity contribution >= 4 is 27.3 Å². The number of likely N-dealkylation sites (N-methyl/N-ethyl adjacent to an activating group) is 1. The minimum absolute atomic E-state index is 0.133. The van der Waals surface area contributed by atoms with Gasteiger partial charge < -0.3 is 15.1 Å². The number of carbonyl (C=O) groups excluding carboxylic acids is 1. The Morgan fingerprint density at radius 2 is 1.67 bits per heavy atom. The van der Waals surface area contributed by atoms with Crippen LogP contribution in [0, 0.1) is 0 Å². The average Bonchev–Trinajstić information content (AvgIpc) is 2.61. The van der Waals surface area contributed by atoms with Crippen molar-refractivity contribution < 1.29 is 13.2 Å². The van der Waals surface area contributed by atoms with Gasteiger partial charge in [0.15, 0.2) is 0 Å². The van der Waals surface area contributed by atoms with Crippen molar-refractivity contribution in [1.82, 2.24) is 9.21 Å². The monoisotopic (exact) mass is 396 g/mol. The zero-order valence-corrected chi connectivity index (χ0v) is 17.5. The molecule has 152 valence electrons. The molecule has 1 fully saturated rings. The molecule has 0 atom stereocenters. The van der Waals surface area contributed by atoms with E-state index >= 15 is 0 Å². The van der Waals surface area contributed by atoms with E-state index in [1.807, 2.05) is 43.3 Å². The first-order valence-electron chi connectivity index (χ1n) is 9.50. The van der Waals surface area contributed by atoms with Gasteiger partial charge in [-0.15, -0.1) is 0 Å². The molecular formula is C19H32N4O3S. The second-order valence-electron chi connectivity index (χ2n) is 7.36. The molecule has 1 N–H and O–H groups in total. The molecule has 0 aliphatic carbocycles. The van der Waals surface area contributed by atoms with Crippen LogP contribution in [0.3, 0.4) is 0 Å². The first-order valence-corrected chi connectivity index (χ1v) is 11.4. The van der Waals surface area contributed by atoms with Crippen molar-refractivity contribution in [3.05, 3.63) is 24.3 Å². The van der Waals surface area contributed by atoms with Crippen LogP contribution in [0.15, 0.2) is 24.3 Å². The summed E-state index contributed by atoms with van der Waals surface area (Å²) in [5.74, 6) is -0.181. The Morgan fingerprint density at radius 3 is 2.22 bits per heavy atom. The van der Waals surface area contributed by atoms with E-state index in [2.05, 4.69) is 10.2 Å². The maximum absolute atomic E-state index is 12.2. The normalized spacial score (nSPS) is 15.4. The summed E-state index contributed by atoms with van der Waals surface area (Å²) in [4.78, 5) is 16.5. The smallest absolute Gasteiger partial charge is 0.225 e. The van der Waals surface area contributed by atoms with Crippen LogP contribution in [0.2, 0.25) is 0 Å². The largest absolute Gasteiger partial charge is 0.372 e. The van der Waals surface area contributed by atoms with Crippen molar-refractivity contribution in [2.45, 2.75) is 25.7 Å². The number of hydrogen-bond donors (Lipinski definition) is 1. The molecule has 0 unspecified atom stereocenters. The Morgan fingerprint density at radius 1 is 1.04 bits per heavy atom. The number of benzene rings is 1. The minimum atomic E-state index is -3.33. The molecule has 1 aliphatic rings. The van der Waals surface area contributed by atoms with Crippen LogP contribution < -0.4 is 10.2 Å². The van der Waals surface area contributed by atoms with E-state index < -0.39 is 10.0 Å². The third-order valence-corrected chi connectivity index (χ3v) is 6.03. The molecular weight excluding hydrogens is 364 g/mol. The van der Waals surface area contributed by atoms with Crippen molar-refractivity contribution in [3.63, 3.8) is 0 Å². The SMILES string of the molecule is CN(C)CCN(CCC(=O)Nc1ccc(N2CCCCC2)cc1)S(C)(=O)=O. The predicted molar refractivity (Wildman–Crippen MR) is 111 cm³/mol. The highest BCUT2D eigenvalue weighted by Gasteiger charge is 2.18. The number of hydrogen-bond acceptors (Lipinski definition) is 5. The topological polar surface area (TPSA) is 73.0 Å². The molecule has 8 heteroatoms. The molecule has 0 bridgehead atoms. The van der Waals surface area contributed by atoms with E-state index in [0.717, 1.165) is 18.8 Å². The number of nitrogens with one attached hydrogen (secondary N) is 1. The lowest BCUT2D eigenvalue weighted by molar-refractivity contribution is -0.116. The molecule has 1 aromatic carbocycles. The Bertz CT molecular complexity index is 698. The second kappa shape index (κ2) is 10.1. The molecule has 1 aliphatic heterocycles. The van der Waals surface area contributed by atoms with Crippen LogP contribution in [-0.4, -0.2) is 76.6 Å². The Hall–Kier alpha value is -1.64. The summed E-state index contributed by atoms with van der Waals surface area (Å²) >= 11 is 0. The van der Waals surface area contributed by atoms with E-state index in [-0.39, 0.29) is 18.9 Å². The van der Waals surface area contributed by atoms with E-state index in [0.29, 0.717) is 13.1 Å². The van der Waals surface area contributed by atoms with Gasteiger partial charge in [0.2, 0.25) is 15.9 Å². The fourth-order valence-electron chi connectivity index (χ4n) is 3.11. The molecule has 1 amide bonds. The van der Waals surface area contributed by atoms with E-state index in [1.165, 1.54) is 35.5 Å². The average molecular weight is 397 g/mol. The van der Waals surface area contributed by atoms with Crippen LogP contribution in [-0.2, 0) is 14.8 Å². The van der Waals surface area contributed by atoms with Crippen molar-refractivity contribution in [3.8, 4) is 0 Å². The van der Waals surface area contributed by atoms with Crippen molar-refractivity contribution in [2.24, 2.45) is 0 Å². The molecule has 0 aromatic heterocycles. The molecule has 27 heavy (non-hydrogen) atoms. The summed E-state index contributed by atoms with van der Waals surface area (Å²) in [6.07, 6.45) is 5.06. The van der Waals surface area contributed by atoms with Crippen LogP contribution >= 0.6 is 0 Å². The minimum Gasteiger partial charge on any atom is -0.372 e. The summed E-state index contributed by atoms with van der Waals surface area (Å²) in [5, 5.41) is 2.85. The molecule has 2 rings (SSSR count). The van der Waals surface area contributed by atoms with Gasteiger partial charge in [0.05, 0.1) is 6.26 Å². The fraction of sp³-hybridized carbons (Fsp3) is 0.632. The molecule has 0 radical (unpaired) electrons. The van der Waals surface area contributed by atoms with Gasteiger partial charge in [-0.1, -0.05) is 0 Å². The molecule has 0 saturated carbocycles. The number of amides is 1. The van der Waals surface area contributed by atoms with Gasteiger partial charge in [0.1, 0.15) is 0 Å². The van der Waals surface area contributed by atoms with Crippen LogP contribution in [0.5, 0.6) is 0 Å². The predicted octanol–water partition coefficient (Wildman–Crippen LogP) is 1.83. The highest BCUT2D eigenvalue weighted by molar-refractivity contribution is 7.88. The quantitative estimate of drug-likeness (QED) is 0.689. The first kappa shape index (κ1) is 21.7. The van der Waals surface area contributed by atoms with Gasteiger partial charge in [-0.3, -0.25) is 4.79 Å². The van der Waals surface area contributed by atoms with Crippen LogP contribution in [0.1, 0.15) is 25.7 Å². The first-order chi connectivity index (χ1) is 12.8. The van der Waals surface area contributed by atoms with Crippen molar-refractivity contribution in [2.75, 3.05) is 63.3 Å². The molecule has 7 nitrogen and oxygen atoms in total. The zero-order valence-electron chi connectivity index (χ0n) is 16.6. The van der Waals surface area contributed by atoms with Gasteiger partial charge in [0, 0.05) is 50.5 Å². The second-order valence-corrected chi connectivity index (χ2v) is 9.34. The van der Waals surface area contributed by atoms with Gasteiger partial charge in [0.25, 0.3) is 0 Å². The van der Waals surface area contributed by atoms with Crippen LogP contribution in [0.4, 0.5) is 11.4 Å². The van der Waals surface area contributed by atoms with Gasteiger partial charge in [-0.2, -0.15) is 0 Å². The Balaban J connectivity index is 1.85. The molecule has 1 aromatic rings. The van der Waals surface area contributed by atoms with Gasteiger partial charge >= 0.3 is 0 Å².